The minimum Gasteiger partial charge on any atom is -0.314 e. The van der Waals surface area contributed by atoms with Gasteiger partial charge in [0.05, 0.1) is 4.47 Å². The second kappa shape index (κ2) is 8.89. The van der Waals surface area contributed by atoms with Gasteiger partial charge in [0, 0.05) is 36.8 Å². The summed E-state index contributed by atoms with van der Waals surface area (Å²) in [5, 5.41) is 3.37. The molecule has 108 valence electrons. The number of pyridine rings is 1. The highest BCUT2D eigenvalue weighted by molar-refractivity contribution is 9.11. The minimum atomic E-state index is 0.00810. The molecule has 1 rings (SSSR count). The summed E-state index contributed by atoms with van der Waals surface area (Å²) in [6.45, 7) is 9.96. The Labute approximate surface area is 131 Å². The molecule has 0 atom stereocenters. The van der Waals surface area contributed by atoms with Gasteiger partial charge in [0.25, 0.3) is 5.56 Å². The van der Waals surface area contributed by atoms with Crippen molar-refractivity contribution >= 4 is 31.9 Å². The van der Waals surface area contributed by atoms with Gasteiger partial charge >= 0.3 is 0 Å². The van der Waals surface area contributed by atoms with Crippen molar-refractivity contribution in [3.8, 4) is 0 Å². The van der Waals surface area contributed by atoms with Crippen molar-refractivity contribution in [2.75, 3.05) is 32.7 Å². The smallest absolute Gasteiger partial charge is 0.264 e. The molecule has 0 fully saturated rings. The molecule has 19 heavy (non-hydrogen) atoms. The molecule has 0 bridgehead atoms. The number of halogens is 2. The number of hydrogen-bond acceptors (Lipinski definition) is 3. The SMILES string of the molecule is CCN(CC)CCNCCn1cc(Br)cc(Br)c1=O. The molecule has 0 saturated carbocycles. The lowest BCUT2D eigenvalue weighted by Crippen LogP contribution is -2.34. The van der Waals surface area contributed by atoms with Crippen LogP contribution in [0.1, 0.15) is 13.8 Å². The Bertz CT molecular complexity index is 444. The van der Waals surface area contributed by atoms with E-state index in [0.717, 1.165) is 37.2 Å². The standard InChI is InChI=1S/C13H21Br2N3O/c1-3-17(4-2)7-5-16-6-8-18-10-11(14)9-12(15)13(18)19/h9-10,16H,3-8H2,1-2H3. The van der Waals surface area contributed by atoms with Crippen molar-refractivity contribution < 1.29 is 0 Å². The summed E-state index contributed by atoms with van der Waals surface area (Å²) in [5.41, 5.74) is 0.00810. The summed E-state index contributed by atoms with van der Waals surface area (Å²) >= 11 is 6.66. The van der Waals surface area contributed by atoms with Crippen LogP contribution >= 0.6 is 31.9 Å². The molecule has 1 aromatic rings. The molecule has 0 aromatic carbocycles. The van der Waals surface area contributed by atoms with E-state index in [0.29, 0.717) is 11.0 Å². The first-order chi connectivity index (χ1) is 9.08. The zero-order valence-corrected chi connectivity index (χ0v) is 14.6. The minimum absolute atomic E-state index is 0.00810. The Hall–Kier alpha value is -0.170. The van der Waals surface area contributed by atoms with Crippen molar-refractivity contribution in [1.29, 1.82) is 0 Å². The third-order valence-electron chi connectivity index (χ3n) is 3.04. The van der Waals surface area contributed by atoms with Gasteiger partial charge in [0.2, 0.25) is 0 Å². The first-order valence-electron chi connectivity index (χ1n) is 6.57. The van der Waals surface area contributed by atoms with E-state index in [4.69, 9.17) is 0 Å². The van der Waals surface area contributed by atoms with Crippen molar-refractivity contribution in [2.45, 2.75) is 20.4 Å². The molecule has 0 aliphatic heterocycles. The van der Waals surface area contributed by atoms with Crippen molar-refractivity contribution in [2.24, 2.45) is 0 Å². The van der Waals surface area contributed by atoms with Gasteiger partial charge in [-0.15, -0.1) is 0 Å². The molecule has 0 spiro atoms. The highest BCUT2D eigenvalue weighted by atomic mass is 79.9. The number of nitrogens with one attached hydrogen (secondary N) is 1. The third-order valence-corrected chi connectivity index (χ3v) is 4.04. The molecule has 0 saturated heterocycles. The van der Waals surface area contributed by atoms with E-state index in [1.54, 1.807) is 10.6 Å². The highest BCUT2D eigenvalue weighted by Gasteiger charge is 2.03. The van der Waals surface area contributed by atoms with Crippen LogP contribution < -0.4 is 10.9 Å². The van der Waals surface area contributed by atoms with Crippen molar-refractivity contribution in [1.82, 2.24) is 14.8 Å². The van der Waals surface area contributed by atoms with Crippen LogP contribution in [0, 0.1) is 0 Å². The number of hydrogen-bond donors (Lipinski definition) is 1. The lowest BCUT2D eigenvalue weighted by Gasteiger charge is -2.18. The van der Waals surface area contributed by atoms with Gasteiger partial charge in [0.1, 0.15) is 0 Å². The summed E-state index contributed by atoms with van der Waals surface area (Å²) in [4.78, 5) is 14.2. The van der Waals surface area contributed by atoms with Crippen LogP contribution in [0.25, 0.3) is 0 Å². The maximum absolute atomic E-state index is 11.8. The van der Waals surface area contributed by atoms with Gasteiger partial charge in [-0.1, -0.05) is 13.8 Å². The molecular weight excluding hydrogens is 374 g/mol. The molecule has 1 N–H and O–H groups in total. The van der Waals surface area contributed by atoms with Crippen LogP contribution in [0.5, 0.6) is 0 Å². The lowest BCUT2D eigenvalue weighted by atomic mass is 10.4. The third kappa shape index (κ3) is 5.77. The van der Waals surface area contributed by atoms with E-state index in [2.05, 4.69) is 55.9 Å². The van der Waals surface area contributed by atoms with Gasteiger partial charge in [-0.25, -0.2) is 0 Å². The lowest BCUT2D eigenvalue weighted by molar-refractivity contribution is 0.302. The molecule has 0 amide bonds. The summed E-state index contributed by atoms with van der Waals surface area (Å²) in [6, 6.07) is 1.77. The van der Waals surface area contributed by atoms with Gasteiger partial charge < -0.3 is 14.8 Å². The zero-order chi connectivity index (χ0) is 14.3. The normalized spacial score (nSPS) is 11.2. The summed E-state index contributed by atoms with van der Waals surface area (Å²) < 4.78 is 3.20. The fraction of sp³-hybridized carbons (Fsp3) is 0.615. The van der Waals surface area contributed by atoms with Gasteiger partial charge in [-0.3, -0.25) is 4.79 Å². The van der Waals surface area contributed by atoms with E-state index in [1.165, 1.54) is 0 Å². The number of likely N-dealkylation sites (N-methyl/N-ethyl adjacent to an activating group) is 1. The van der Waals surface area contributed by atoms with E-state index in [-0.39, 0.29) is 5.56 Å². The van der Waals surface area contributed by atoms with E-state index >= 15 is 0 Å². The maximum Gasteiger partial charge on any atom is 0.264 e. The Kier molecular flexibility index (Phi) is 7.90. The monoisotopic (exact) mass is 393 g/mol. The summed E-state index contributed by atoms with van der Waals surface area (Å²) in [6.07, 6.45) is 1.82. The van der Waals surface area contributed by atoms with Crippen molar-refractivity contribution in [3.05, 3.63) is 31.6 Å². The quantitative estimate of drug-likeness (QED) is 0.687. The molecular formula is C13H21Br2N3O. The van der Waals surface area contributed by atoms with E-state index in [9.17, 15) is 4.79 Å². The molecule has 6 heteroatoms. The largest absolute Gasteiger partial charge is 0.314 e. The van der Waals surface area contributed by atoms with Gasteiger partial charge in [-0.2, -0.15) is 0 Å². The molecule has 4 nitrogen and oxygen atoms in total. The fourth-order valence-electron chi connectivity index (χ4n) is 1.83. The summed E-state index contributed by atoms with van der Waals surface area (Å²) in [5.74, 6) is 0. The topological polar surface area (TPSA) is 37.3 Å². The second-order valence-corrected chi connectivity index (χ2v) is 6.05. The molecule has 1 aromatic heterocycles. The van der Waals surface area contributed by atoms with E-state index < -0.39 is 0 Å². The van der Waals surface area contributed by atoms with Crippen LogP contribution in [0.15, 0.2) is 26.0 Å². The Morgan fingerprint density at radius 2 is 1.95 bits per heavy atom. The Balaban J connectivity index is 2.36. The average Bonchev–Trinajstić information content (AvgIpc) is 2.39. The number of nitrogens with zero attached hydrogens (tertiary/aromatic N) is 2. The molecule has 0 aliphatic rings. The first kappa shape index (κ1) is 16.9. The zero-order valence-electron chi connectivity index (χ0n) is 11.5. The molecule has 1 heterocycles. The van der Waals surface area contributed by atoms with Crippen LogP contribution in [0.4, 0.5) is 0 Å². The number of aromatic nitrogens is 1. The number of rotatable bonds is 8. The van der Waals surface area contributed by atoms with Crippen LogP contribution in [0.3, 0.4) is 0 Å². The average molecular weight is 395 g/mol. The Morgan fingerprint density at radius 3 is 2.58 bits per heavy atom. The second-order valence-electron chi connectivity index (χ2n) is 4.28. The van der Waals surface area contributed by atoms with Crippen LogP contribution in [-0.2, 0) is 6.54 Å². The maximum atomic E-state index is 11.8. The summed E-state index contributed by atoms with van der Waals surface area (Å²) in [7, 11) is 0. The van der Waals surface area contributed by atoms with Crippen molar-refractivity contribution in [3.63, 3.8) is 0 Å². The molecule has 0 radical (unpaired) electrons. The van der Waals surface area contributed by atoms with E-state index in [1.807, 2.05) is 6.20 Å². The highest BCUT2D eigenvalue weighted by Crippen LogP contribution is 2.12. The van der Waals surface area contributed by atoms with Crippen LogP contribution in [-0.4, -0.2) is 42.2 Å². The molecule has 0 aliphatic carbocycles. The Morgan fingerprint density at radius 1 is 1.26 bits per heavy atom. The van der Waals surface area contributed by atoms with Crippen LogP contribution in [0.2, 0.25) is 0 Å². The first-order valence-corrected chi connectivity index (χ1v) is 8.15. The predicted molar refractivity (Wildman–Crippen MR) is 86.8 cm³/mol. The van der Waals surface area contributed by atoms with Gasteiger partial charge in [0.15, 0.2) is 0 Å². The molecule has 0 unspecified atom stereocenters. The predicted octanol–water partition coefficient (Wildman–Crippen LogP) is 2.30. The van der Waals surface area contributed by atoms with Gasteiger partial charge in [-0.05, 0) is 51.0 Å². The fourth-order valence-corrected chi connectivity index (χ4v) is 3.09.